The third kappa shape index (κ3) is 3.48. The lowest BCUT2D eigenvalue weighted by Gasteiger charge is -2.32. The second-order valence-electron chi connectivity index (χ2n) is 5.92. The summed E-state index contributed by atoms with van der Waals surface area (Å²) < 4.78 is 0. The van der Waals surface area contributed by atoms with Crippen LogP contribution in [0.15, 0.2) is 0 Å². The van der Waals surface area contributed by atoms with Crippen LogP contribution in [0.2, 0.25) is 0 Å². The Morgan fingerprint density at radius 2 is 1.67 bits per heavy atom. The quantitative estimate of drug-likeness (QED) is 0.729. The van der Waals surface area contributed by atoms with Crippen LogP contribution in [-0.4, -0.2) is 12.6 Å². The second-order valence-corrected chi connectivity index (χ2v) is 5.92. The highest BCUT2D eigenvalue weighted by Crippen LogP contribution is 2.33. The number of rotatable bonds is 5. The Labute approximate surface area is 95.0 Å². The van der Waals surface area contributed by atoms with Gasteiger partial charge in [0.25, 0.3) is 0 Å². The van der Waals surface area contributed by atoms with Crippen LogP contribution in [0, 0.1) is 17.8 Å². The van der Waals surface area contributed by atoms with Gasteiger partial charge in [-0.1, -0.05) is 46.0 Å². The van der Waals surface area contributed by atoms with Crippen molar-refractivity contribution in [2.75, 3.05) is 6.54 Å². The first kappa shape index (κ1) is 11.4. The van der Waals surface area contributed by atoms with Gasteiger partial charge in [-0.2, -0.15) is 0 Å². The van der Waals surface area contributed by atoms with E-state index in [4.69, 9.17) is 0 Å². The first-order chi connectivity index (χ1) is 7.27. The van der Waals surface area contributed by atoms with Crippen LogP contribution in [0.4, 0.5) is 0 Å². The SMILES string of the molecule is CC(CNC1CC1)C(C)C1CCCCC1. The molecular formula is C14H27N. The zero-order chi connectivity index (χ0) is 10.7. The Kier molecular flexibility index (Phi) is 4.07. The Bertz CT molecular complexity index is 180. The Morgan fingerprint density at radius 1 is 1.00 bits per heavy atom. The van der Waals surface area contributed by atoms with Gasteiger partial charge in [-0.15, -0.1) is 0 Å². The lowest BCUT2D eigenvalue weighted by Crippen LogP contribution is -2.30. The van der Waals surface area contributed by atoms with Crippen molar-refractivity contribution in [2.24, 2.45) is 17.8 Å². The van der Waals surface area contributed by atoms with Crippen LogP contribution in [0.3, 0.4) is 0 Å². The topological polar surface area (TPSA) is 12.0 Å². The van der Waals surface area contributed by atoms with Gasteiger partial charge in [0.15, 0.2) is 0 Å². The van der Waals surface area contributed by atoms with Crippen molar-refractivity contribution < 1.29 is 0 Å². The third-order valence-electron chi connectivity index (χ3n) is 4.60. The van der Waals surface area contributed by atoms with E-state index in [-0.39, 0.29) is 0 Å². The van der Waals surface area contributed by atoms with Gasteiger partial charge in [-0.05, 0) is 37.1 Å². The monoisotopic (exact) mass is 209 g/mol. The predicted molar refractivity (Wildman–Crippen MR) is 65.9 cm³/mol. The molecule has 0 radical (unpaired) electrons. The molecule has 0 aromatic rings. The van der Waals surface area contributed by atoms with E-state index in [1.807, 2.05) is 0 Å². The maximum absolute atomic E-state index is 3.68. The van der Waals surface area contributed by atoms with Crippen LogP contribution >= 0.6 is 0 Å². The van der Waals surface area contributed by atoms with E-state index >= 15 is 0 Å². The summed E-state index contributed by atoms with van der Waals surface area (Å²) in [6.07, 6.45) is 10.3. The fraction of sp³-hybridized carbons (Fsp3) is 1.00. The summed E-state index contributed by atoms with van der Waals surface area (Å²) in [5.74, 6) is 2.82. The van der Waals surface area contributed by atoms with Gasteiger partial charge < -0.3 is 5.32 Å². The first-order valence-electron chi connectivity index (χ1n) is 7.00. The van der Waals surface area contributed by atoms with Crippen molar-refractivity contribution in [3.8, 4) is 0 Å². The van der Waals surface area contributed by atoms with E-state index in [0.29, 0.717) is 0 Å². The molecule has 0 spiro atoms. The smallest absolute Gasteiger partial charge is 0.00683 e. The summed E-state index contributed by atoms with van der Waals surface area (Å²) in [5, 5.41) is 3.68. The normalized spacial score (nSPS) is 27.6. The van der Waals surface area contributed by atoms with Gasteiger partial charge >= 0.3 is 0 Å². The highest BCUT2D eigenvalue weighted by molar-refractivity contribution is 4.83. The summed E-state index contributed by atoms with van der Waals surface area (Å²) in [4.78, 5) is 0. The molecule has 0 heterocycles. The molecule has 15 heavy (non-hydrogen) atoms. The standard InChI is InChI=1S/C14H27N/c1-11(10-15-14-8-9-14)12(2)13-6-4-3-5-7-13/h11-15H,3-10H2,1-2H3. The highest BCUT2D eigenvalue weighted by atomic mass is 14.9. The summed E-state index contributed by atoms with van der Waals surface area (Å²) >= 11 is 0. The average Bonchev–Trinajstić information content (AvgIpc) is 3.10. The molecule has 2 saturated carbocycles. The van der Waals surface area contributed by atoms with E-state index in [9.17, 15) is 0 Å². The van der Waals surface area contributed by atoms with Gasteiger partial charge in [0, 0.05) is 6.04 Å². The van der Waals surface area contributed by atoms with Crippen molar-refractivity contribution in [3.63, 3.8) is 0 Å². The summed E-state index contributed by atoms with van der Waals surface area (Å²) in [6.45, 7) is 6.17. The summed E-state index contributed by atoms with van der Waals surface area (Å²) in [7, 11) is 0. The lowest BCUT2D eigenvalue weighted by atomic mass is 9.75. The van der Waals surface area contributed by atoms with Crippen LogP contribution in [0.1, 0.15) is 58.8 Å². The lowest BCUT2D eigenvalue weighted by molar-refractivity contribution is 0.200. The number of hydrogen-bond donors (Lipinski definition) is 1. The number of nitrogens with one attached hydrogen (secondary N) is 1. The van der Waals surface area contributed by atoms with Crippen molar-refractivity contribution >= 4 is 0 Å². The molecule has 0 bridgehead atoms. The van der Waals surface area contributed by atoms with Gasteiger partial charge in [0.2, 0.25) is 0 Å². The first-order valence-corrected chi connectivity index (χ1v) is 7.00. The van der Waals surface area contributed by atoms with E-state index in [0.717, 1.165) is 23.8 Å². The minimum absolute atomic E-state index is 0.869. The minimum atomic E-state index is 0.869. The van der Waals surface area contributed by atoms with E-state index in [1.54, 1.807) is 0 Å². The minimum Gasteiger partial charge on any atom is -0.314 e. The molecule has 0 aromatic heterocycles. The van der Waals surface area contributed by atoms with Crippen LogP contribution in [0.5, 0.6) is 0 Å². The van der Waals surface area contributed by atoms with E-state index in [2.05, 4.69) is 19.2 Å². The zero-order valence-corrected chi connectivity index (χ0v) is 10.5. The fourth-order valence-corrected chi connectivity index (χ4v) is 2.95. The Balaban J connectivity index is 1.69. The molecule has 2 aliphatic carbocycles. The second kappa shape index (κ2) is 5.34. The average molecular weight is 209 g/mol. The molecule has 2 atom stereocenters. The summed E-state index contributed by atoms with van der Waals surface area (Å²) in [5.41, 5.74) is 0. The van der Waals surface area contributed by atoms with Crippen molar-refractivity contribution in [2.45, 2.75) is 64.8 Å². The maximum Gasteiger partial charge on any atom is 0.00683 e. The predicted octanol–water partition coefficient (Wildman–Crippen LogP) is 3.59. The molecule has 2 aliphatic rings. The summed E-state index contributed by atoms with van der Waals surface area (Å²) in [6, 6.07) is 0.881. The molecule has 1 nitrogen and oxygen atoms in total. The largest absolute Gasteiger partial charge is 0.314 e. The van der Waals surface area contributed by atoms with Gasteiger partial charge in [0.05, 0.1) is 0 Å². The molecule has 2 rings (SSSR count). The molecule has 0 saturated heterocycles. The van der Waals surface area contributed by atoms with E-state index in [1.165, 1.54) is 51.5 Å². The fourth-order valence-electron chi connectivity index (χ4n) is 2.95. The van der Waals surface area contributed by atoms with Gasteiger partial charge in [0.1, 0.15) is 0 Å². The molecular weight excluding hydrogens is 182 g/mol. The van der Waals surface area contributed by atoms with Crippen molar-refractivity contribution in [3.05, 3.63) is 0 Å². The van der Waals surface area contributed by atoms with Gasteiger partial charge in [-0.25, -0.2) is 0 Å². The molecule has 2 unspecified atom stereocenters. The third-order valence-corrected chi connectivity index (χ3v) is 4.60. The van der Waals surface area contributed by atoms with Crippen LogP contribution in [-0.2, 0) is 0 Å². The van der Waals surface area contributed by atoms with Gasteiger partial charge in [-0.3, -0.25) is 0 Å². The van der Waals surface area contributed by atoms with E-state index < -0.39 is 0 Å². The van der Waals surface area contributed by atoms with Crippen LogP contribution < -0.4 is 5.32 Å². The molecule has 88 valence electrons. The molecule has 2 fully saturated rings. The van der Waals surface area contributed by atoms with Crippen LogP contribution in [0.25, 0.3) is 0 Å². The zero-order valence-electron chi connectivity index (χ0n) is 10.5. The molecule has 1 heteroatoms. The molecule has 0 amide bonds. The molecule has 0 aliphatic heterocycles. The Hall–Kier alpha value is -0.0400. The maximum atomic E-state index is 3.68. The highest BCUT2D eigenvalue weighted by Gasteiger charge is 2.26. The molecule has 0 aromatic carbocycles. The van der Waals surface area contributed by atoms with Crippen molar-refractivity contribution in [1.82, 2.24) is 5.32 Å². The Morgan fingerprint density at radius 3 is 2.27 bits per heavy atom. The number of hydrogen-bond acceptors (Lipinski definition) is 1. The van der Waals surface area contributed by atoms with Crippen molar-refractivity contribution in [1.29, 1.82) is 0 Å². The molecule has 1 N–H and O–H groups in total.